The maximum Gasteiger partial charge on any atom is 0.394 e. The summed E-state index contributed by atoms with van der Waals surface area (Å²) in [6.07, 6.45) is -0.786. The van der Waals surface area contributed by atoms with Crippen LogP contribution in [-0.2, 0) is 52.7 Å². The van der Waals surface area contributed by atoms with E-state index in [1.807, 2.05) is 20.8 Å². The highest BCUT2D eigenvalue weighted by Crippen LogP contribution is 2.43. The van der Waals surface area contributed by atoms with E-state index >= 15 is 9.18 Å². The molecule has 1 spiro atoms. The Labute approximate surface area is 530 Å². The van der Waals surface area contributed by atoms with Crippen LogP contribution in [0.3, 0.4) is 0 Å². The minimum atomic E-state index is -4.73. The summed E-state index contributed by atoms with van der Waals surface area (Å²) in [5.41, 5.74) is -1.49. The van der Waals surface area contributed by atoms with Gasteiger partial charge in [0.1, 0.15) is 48.0 Å². The number of hydrogen-bond acceptors (Lipinski definition) is 11. The Kier molecular flexibility index (Phi) is 27.3. The Bertz CT molecular complexity index is 2550. The lowest BCUT2D eigenvalue weighted by Gasteiger charge is -2.40. The minimum absolute atomic E-state index is 0.0146. The summed E-state index contributed by atoms with van der Waals surface area (Å²) in [5.74, 6) is -10.4. The fourth-order valence-electron chi connectivity index (χ4n) is 14.0. The number of halogens is 4. The number of carbonyl (C=O) groups excluding carboxylic acids is 11. The molecule has 0 bridgehead atoms. The summed E-state index contributed by atoms with van der Waals surface area (Å²) in [6, 6.07) is -6.89. The molecule has 0 aromatic carbocycles. The van der Waals surface area contributed by atoms with Crippen molar-refractivity contribution in [2.24, 2.45) is 35.5 Å². The van der Waals surface area contributed by atoms with Crippen LogP contribution in [0.4, 0.5) is 17.6 Å². The van der Waals surface area contributed by atoms with Gasteiger partial charge in [-0.15, -0.1) is 0 Å². The Hall–Kier alpha value is -6.11. The fourth-order valence-corrected chi connectivity index (χ4v) is 14.0. The van der Waals surface area contributed by atoms with Crippen LogP contribution in [0.25, 0.3) is 0 Å². The molecule has 3 aliphatic carbocycles. The van der Waals surface area contributed by atoms with Crippen molar-refractivity contribution < 1.29 is 70.3 Å². The summed E-state index contributed by atoms with van der Waals surface area (Å²) in [5, 5.41) is 8.64. The van der Waals surface area contributed by atoms with E-state index in [4.69, 9.17) is 0 Å². The highest BCUT2D eigenvalue weighted by atomic mass is 19.4. The van der Waals surface area contributed by atoms with Crippen LogP contribution in [-0.4, -0.2) is 240 Å². The quantitative estimate of drug-likeness (QED) is 0.248. The summed E-state index contributed by atoms with van der Waals surface area (Å²) in [7, 11) is 10.1. The molecule has 2 saturated heterocycles. The van der Waals surface area contributed by atoms with Crippen molar-refractivity contribution in [3.05, 3.63) is 0 Å². The zero-order valence-corrected chi connectivity index (χ0v) is 55.8. The molecule has 5 rings (SSSR count). The van der Waals surface area contributed by atoms with Crippen molar-refractivity contribution in [3.8, 4) is 0 Å². The zero-order chi connectivity index (χ0) is 67.3. The number of nitrogens with zero attached hydrogens (tertiary/aromatic N) is 8. The zero-order valence-electron chi connectivity index (χ0n) is 55.8. The van der Waals surface area contributed by atoms with Crippen LogP contribution in [0.1, 0.15) is 170 Å². The first-order chi connectivity index (χ1) is 42.1. The third-order valence-electron chi connectivity index (χ3n) is 19.9. The van der Waals surface area contributed by atoms with Crippen LogP contribution in [0, 0.1) is 35.5 Å². The molecule has 2 heterocycles. The Morgan fingerprint density at radius 1 is 0.578 bits per heavy atom. The average molecular weight is 1280 g/mol. The summed E-state index contributed by atoms with van der Waals surface area (Å²) in [6.45, 7) is 9.26. The Morgan fingerprint density at radius 2 is 1.19 bits per heavy atom. The molecule has 3 unspecified atom stereocenters. The van der Waals surface area contributed by atoms with Crippen molar-refractivity contribution in [2.75, 3.05) is 82.1 Å². The monoisotopic (exact) mass is 1280 g/mol. The number of hydrogen-bond donors (Lipinski definition) is 3. The second-order valence-corrected chi connectivity index (χ2v) is 27.5. The first-order valence-electron chi connectivity index (χ1n) is 32.8. The van der Waals surface area contributed by atoms with Crippen molar-refractivity contribution in [2.45, 2.75) is 224 Å². The van der Waals surface area contributed by atoms with Gasteiger partial charge in [-0.1, -0.05) is 92.9 Å². The third-order valence-corrected chi connectivity index (χ3v) is 19.9. The molecule has 0 aromatic heterocycles. The van der Waals surface area contributed by atoms with E-state index in [0.717, 1.165) is 46.8 Å². The van der Waals surface area contributed by atoms with Gasteiger partial charge in [-0.05, 0) is 100 Å². The molecular weight excluding hydrogens is 1170 g/mol. The molecule has 2 aliphatic heterocycles. The Morgan fingerprint density at radius 3 is 1.78 bits per heavy atom. The van der Waals surface area contributed by atoms with Gasteiger partial charge in [0, 0.05) is 68.8 Å². The number of alkyl halides is 4. The van der Waals surface area contributed by atoms with Crippen molar-refractivity contribution in [1.82, 2.24) is 55.1 Å². The van der Waals surface area contributed by atoms with Gasteiger partial charge in [0.2, 0.25) is 65.0 Å². The number of fused-ring (bicyclic) bond motifs is 1. The molecule has 3 saturated carbocycles. The third kappa shape index (κ3) is 19.2. The number of rotatable bonds is 10. The van der Waals surface area contributed by atoms with Crippen molar-refractivity contribution in [3.63, 3.8) is 0 Å². The molecule has 11 amide bonds. The maximum absolute atomic E-state index is 15.2. The van der Waals surface area contributed by atoms with Crippen LogP contribution in [0.2, 0.25) is 0 Å². The molecule has 90 heavy (non-hydrogen) atoms. The van der Waals surface area contributed by atoms with Gasteiger partial charge in [-0.2, -0.15) is 13.2 Å². The smallest absolute Gasteiger partial charge is 0.343 e. The standard InChI is InChI=1S/C64H105F4N11O11/c1-14-41(6)54-60(88)75(10)37-52(82)73(8)38-53(83)77(12)49(35-42-21-16-15-17-22-42)59(87)74(9)36-50(80)69-46(27-25-43-24-26-44(45(65)34-43)64(66,67)68)58(86)79-31-20-23-47(79)57(85)71-63(29-18-19-30-63)62(90)78(13)55(40(4)5)61(89)72(7)32-28-51(81)76(11)48(33-39(2)3)56(84)70-54/h39-49,54-55H,14-38H2,1-13H3,(H,69,80)(H,70,84)(H,71,85)/t41-,43?,44?,45?,46-,47-,48-,49-,54-,55-/m0/s1. The second kappa shape index (κ2) is 32.9. The van der Waals surface area contributed by atoms with E-state index < -0.39 is 175 Å². The van der Waals surface area contributed by atoms with Gasteiger partial charge < -0.3 is 55.1 Å². The van der Waals surface area contributed by atoms with Crippen LogP contribution in [0.5, 0.6) is 0 Å². The molecule has 0 radical (unpaired) electrons. The first kappa shape index (κ1) is 74.6. The van der Waals surface area contributed by atoms with E-state index in [0.29, 0.717) is 25.7 Å². The molecular formula is C64H105F4N11O11. The topological polar surface area (TPSA) is 250 Å². The van der Waals surface area contributed by atoms with Gasteiger partial charge in [0.25, 0.3) is 0 Å². The first-order valence-corrected chi connectivity index (χ1v) is 32.8. The highest BCUT2D eigenvalue weighted by Gasteiger charge is 2.51. The van der Waals surface area contributed by atoms with E-state index in [9.17, 15) is 61.1 Å². The minimum Gasteiger partial charge on any atom is -0.343 e. The lowest BCUT2D eigenvalue weighted by atomic mass is 9.78. The number of likely N-dealkylation sites (N-methyl/N-ethyl adjacent to an activating group) is 7. The number of carbonyl (C=O) groups is 11. The van der Waals surface area contributed by atoms with Gasteiger partial charge in [-0.3, -0.25) is 52.7 Å². The predicted molar refractivity (Wildman–Crippen MR) is 329 cm³/mol. The van der Waals surface area contributed by atoms with Gasteiger partial charge in [0.15, 0.2) is 0 Å². The molecule has 0 aromatic rings. The normalized spacial score (nSPS) is 29.1. The number of nitrogens with one attached hydrogen (secondary N) is 3. The molecule has 22 nitrogen and oxygen atoms in total. The van der Waals surface area contributed by atoms with E-state index in [2.05, 4.69) is 16.0 Å². The SMILES string of the molecule is CC[C@H](C)[C@@H]1NC(=O)[C@H](CC(C)C)N(C)C(=O)CCN(C)C(=O)[C@H](C(C)C)N(C)C(=O)C2(CCCC2)NC(=O)[C@@H]2CCCN2C(=O)[C@H](CCC2CCC(C(F)(F)F)C(F)C2)NC(=O)CN(C)C(=O)[C@H](CC2CCCCC2)N(C)C(=O)CN(C)C(=O)CN(C)C1=O. The molecule has 510 valence electrons. The summed E-state index contributed by atoms with van der Waals surface area (Å²) < 4.78 is 56.4. The van der Waals surface area contributed by atoms with Crippen LogP contribution >= 0.6 is 0 Å². The fraction of sp³-hybridized carbons (Fsp3) is 0.828. The largest absolute Gasteiger partial charge is 0.394 e. The molecule has 5 aliphatic rings. The molecule has 10 atom stereocenters. The van der Waals surface area contributed by atoms with Gasteiger partial charge in [0.05, 0.1) is 25.6 Å². The Balaban J connectivity index is 1.52. The predicted octanol–water partition coefficient (Wildman–Crippen LogP) is 4.91. The second-order valence-electron chi connectivity index (χ2n) is 27.5. The summed E-state index contributed by atoms with van der Waals surface area (Å²) in [4.78, 5) is 169. The lowest BCUT2D eigenvalue weighted by Crippen LogP contribution is -2.64. The van der Waals surface area contributed by atoms with Crippen molar-refractivity contribution in [1.29, 1.82) is 0 Å². The molecule has 3 N–H and O–H groups in total. The van der Waals surface area contributed by atoms with E-state index in [1.165, 1.54) is 73.8 Å². The van der Waals surface area contributed by atoms with Crippen LogP contribution in [0.15, 0.2) is 0 Å². The summed E-state index contributed by atoms with van der Waals surface area (Å²) >= 11 is 0. The van der Waals surface area contributed by atoms with E-state index in [-0.39, 0.29) is 82.7 Å². The lowest BCUT2D eigenvalue weighted by molar-refractivity contribution is -0.201. The average Bonchev–Trinajstić information content (AvgIpc) is 1.63. The maximum atomic E-state index is 15.2. The van der Waals surface area contributed by atoms with Crippen molar-refractivity contribution >= 4 is 65.0 Å². The van der Waals surface area contributed by atoms with Gasteiger partial charge in [-0.25, -0.2) is 4.39 Å². The number of amides is 11. The highest BCUT2D eigenvalue weighted by molar-refractivity contribution is 5.99. The van der Waals surface area contributed by atoms with E-state index in [1.54, 1.807) is 20.8 Å². The van der Waals surface area contributed by atoms with Crippen LogP contribution < -0.4 is 16.0 Å². The molecule has 5 fully saturated rings. The van der Waals surface area contributed by atoms with Gasteiger partial charge >= 0.3 is 6.18 Å². The molecule has 26 heteroatoms.